The van der Waals surface area contributed by atoms with Crippen molar-refractivity contribution in [2.75, 3.05) is 6.61 Å². The van der Waals surface area contributed by atoms with E-state index in [-0.39, 0.29) is 6.10 Å². The Morgan fingerprint density at radius 1 is 1.20 bits per heavy atom. The molecule has 0 radical (unpaired) electrons. The van der Waals surface area contributed by atoms with Crippen LogP contribution in [-0.4, -0.2) is 12.7 Å². The molecule has 0 bridgehead atoms. The maximum Gasteiger partial charge on any atom is 0.109 e. The molecular weight excluding hydrogens is 192 g/mol. The van der Waals surface area contributed by atoms with Crippen molar-refractivity contribution in [2.24, 2.45) is 0 Å². The van der Waals surface area contributed by atoms with Gasteiger partial charge in [0.1, 0.15) is 6.10 Å². The molecule has 0 saturated carbocycles. The second-order valence-corrected chi connectivity index (χ2v) is 3.83. The van der Waals surface area contributed by atoms with Crippen LogP contribution in [0.25, 0.3) is 6.08 Å². The first-order chi connectivity index (χ1) is 7.45. The first kappa shape index (κ1) is 9.09. The third-order valence-electron chi connectivity index (χ3n) is 2.94. The molecule has 0 N–H and O–H groups in total. The van der Waals surface area contributed by atoms with Crippen LogP contribution in [0.3, 0.4) is 0 Å². The lowest BCUT2D eigenvalue weighted by Gasteiger charge is -2.25. The molecule has 3 heteroatoms. The van der Waals surface area contributed by atoms with Crippen LogP contribution in [0, 0.1) is 0 Å². The molecule has 1 heterocycles. The molecule has 1 fully saturated rings. The second kappa shape index (κ2) is 3.77. The molecule has 0 spiro atoms. The van der Waals surface area contributed by atoms with E-state index < -0.39 is 0 Å². The summed E-state index contributed by atoms with van der Waals surface area (Å²) in [5, 5.41) is 4.58. The summed E-state index contributed by atoms with van der Waals surface area (Å²) in [4.78, 5) is 9.85. The number of fused-ring (bicyclic) bond motifs is 1. The lowest BCUT2D eigenvalue weighted by atomic mass is 9.93. The molecule has 1 aromatic carbocycles. The summed E-state index contributed by atoms with van der Waals surface area (Å²) in [5.41, 5.74) is 2.59. The predicted octanol–water partition coefficient (Wildman–Crippen LogP) is 2.45. The average molecular weight is 204 g/mol. The lowest BCUT2D eigenvalue weighted by Crippen LogP contribution is -2.27. The smallest absolute Gasteiger partial charge is 0.109 e. The van der Waals surface area contributed by atoms with Crippen molar-refractivity contribution in [3.8, 4) is 0 Å². The zero-order valence-corrected chi connectivity index (χ0v) is 8.26. The quantitative estimate of drug-likeness (QED) is 0.657. The van der Waals surface area contributed by atoms with Crippen molar-refractivity contribution < 1.29 is 14.8 Å². The van der Waals surface area contributed by atoms with E-state index in [2.05, 4.69) is 35.4 Å². The largest absolute Gasteiger partial charge is 0.206 e. The molecule has 3 nitrogen and oxygen atoms in total. The number of hydrogen-bond acceptors (Lipinski definition) is 3. The Morgan fingerprint density at radius 3 is 3.00 bits per heavy atom. The minimum absolute atomic E-state index is 0.0682. The molecule has 15 heavy (non-hydrogen) atoms. The molecule has 0 aromatic heterocycles. The molecule has 3 rings (SSSR count). The molecule has 2 aliphatic rings. The summed E-state index contributed by atoms with van der Waals surface area (Å²) < 4.78 is 0. The lowest BCUT2D eigenvalue weighted by molar-refractivity contribution is -0.549. The molecule has 1 aromatic rings. The van der Waals surface area contributed by atoms with Gasteiger partial charge >= 0.3 is 0 Å². The summed E-state index contributed by atoms with van der Waals surface area (Å²) in [6, 6.07) is 8.36. The maximum atomic E-state index is 5.15. The fraction of sp³-hybridized carbons (Fsp3) is 0.333. The molecule has 0 amide bonds. The normalized spacial score (nSPS) is 29.1. The van der Waals surface area contributed by atoms with Crippen LogP contribution >= 0.6 is 0 Å². The van der Waals surface area contributed by atoms with Crippen LogP contribution in [0.4, 0.5) is 0 Å². The molecule has 2 atom stereocenters. The first-order valence-electron chi connectivity index (χ1n) is 5.17. The Balaban J connectivity index is 1.86. The van der Waals surface area contributed by atoms with Gasteiger partial charge in [-0.25, -0.2) is 9.78 Å². The molecular formula is C12H12O3. The summed E-state index contributed by atoms with van der Waals surface area (Å²) in [6.45, 7) is 0.594. The fourth-order valence-electron chi connectivity index (χ4n) is 2.17. The van der Waals surface area contributed by atoms with Crippen LogP contribution in [0.5, 0.6) is 0 Å². The van der Waals surface area contributed by atoms with Crippen molar-refractivity contribution >= 4 is 6.08 Å². The number of rotatable bonds is 1. The van der Waals surface area contributed by atoms with Crippen LogP contribution in [0.2, 0.25) is 0 Å². The van der Waals surface area contributed by atoms with Crippen LogP contribution in [0.1, 0.15) is 23.5 Å². The van der Waals surface area contributed by atoms with E-state index in [9.17, 15) is 0 Å². The Kier molecular flexibility index (Phi) is 2.29. The zero-order chi connectivity index (χ0) is 10.1. The highest BCUT2D eigenvalue weighted by atomic mass is 17.5. The third kappa shape index (κ3) is 1.59. The predicted molar refractivity (Wildman–Crippen MR) is 54.7 cm³/mol. The number of benzene rings is 1. The molecule has 78 valence electrons. The molecule has 2 unspecified atom stereocenters. The Bertz CT molecular complexity index is 380. The van der Waals surface area contributed by atoms with Gasteiger partial charge in [0, 0.05) is 12.3 Å². The zero-order valence-electron chi connectivity index (χ0n) is 8.26. The molecule has 1 saturated heterocycles. The minimum Gasteiger partial charge on any atom is -0.206 e. The van der Waals surface area contributed by atoms with E-state index in [1.54, 1.807) is 0 Å². The topological polar surface area (TPSA) is 27.7 Å². The SMILES string of the molecule is C1=CC(C2CCOOO2)c2ccccc21. The van der Waals surface area contributed by atoms with Crippen LogP contribution < -0.4 is 0 Å². The van der Waals surface area contributed by atoms with Crippen molar-refractivity contribution in [3.05, 3.63) is 41.5 Å². The third-order valence-corrected chi connectivity index (χ3v) is 2.94. The van der Waals surface area contributed by atoms with Crippen molar-refractivity contribution in [1.29, 1.82) is 0 Å². The fourth-order valence-corrected chi connectivity index (χ4v) is 2.17. The van der Waals surface area contributed by atoms with Gasteiger partial charge in [-0.05, 0) is 11.1 Å². The summed E-state index contributed by atoms with van der Waals surface area (Å²) in [7, 11) is 0. The Morgan fingerprint density at radius 2 is 2.13 bits per heavy atom. The highest BCUT2D eigenvalue weighted by Gasteiger charge is 2.29. The van der Waals surface area contributed by atoms with Gasteiger partial charge in [0.25, 0.3) is 0 Å². The van der Waals surface area contributed by atoms with Crippen molar-refractivity contribution in [1.82, 2.24) is 0 Å². The van der Waals surface area contributed by atoms with E-state index in [1.165, 1.54) is 11.1 Å². The number of hydrogen-bond donors (Lipinski definition) is 0. The van der Waals surface area contributed by atoms with Gasteiger partial charge in [0.15, 0.2) is 0 Å². The van der Waals surface area contributed by atoms with Gasteiger partial charge in [-0.2, -0.15) is 0 Å². The van der Waals surface area contributed by atoms with Gasteiger partial charge in [-0.3, -0.25) is 0 Å². The van der Waals surface area contributed by atoms with Gasteiger partial charge in [0.2, 0.25) is 0 Å². The van der Waals surface area contributed by atoms with Crippen LogP contribution in [-0.2, 0) is 14.8 Å². The van der Waals surface area contributed by atoms with E-state index in [4.69, 9.17) is 9.78 Å². The Labute approximate surface area is 88.1 Å². The highest BCUT2D eigenvalue weighted by molar-refractivity contribution is 5.62. The standard InChI is InChI=1S/C12H12O3/c1-2-4-10-9(3-1)5-6-11(10)12-7-8-13-15-14-12/h1-6,11-12H,7-8H2. The second-order valence-electron chi connectivity index (χ2n) is 3.83. The van der Waals surface area contributed by atoms with Gasteiger partial charge in [-0.1, -0.05) is 41.5 Å². The van der Waals surface area contributed by atoms with E-state index in [0.29, 0.717) is 12.5 Å². The summed E-state index contributed by atoms with van der Waals surface area (Å²) >= 11 is 0. The van der Waals surface area contributed by atoms with E-state index in [1.807, 2.05) is 6.07 Å². The minimum atomic E-state index is 0.0682. The highest BCUT2D eigenvalue weighted by Crippen LogP contribution is 2.35. The molecule has 1 aliphatic heterocycles. The summed E-state index contributed by atoms with van der Waals surface area (Å²) in [5.74, 6) is 0.296. The molecule has 1 aliphatic carbocycles. The van der Waals surface area contributed by atoms with Crippen molar-refractivity contribution in [2.45, 2.75) is 18.4 Å². The van der Waals surface area contributed by atoms with Gasteiger partial charge in [0.05, 0.1) is 6.61 Å². The average Bonchev–Trinajstić information content (AvgIpc) is 2.74. The monoisotopic (exact) mass is 204 g/mol. The summed E-state index contributed by atoms with van der Waals surface area (Å²) in [6.07, 6.45) is 5.24. The van der Waals surface area contributed by atoms with Gasteiger partial charge in [-0.15, -0.1) is 0 Å². The van der Waals surface area contributed by atoms with Gasteiger partial charge < -0.3 is 0 Å². The maximum absolute atomic E-state index is 5.15. The van der Waals surface area contributed by atoms with Crippen LogP contribution in [0.15, 0.2) is 30.3 Å². The Hall–Kier alpha value is -1.16. The first-order valence-corrected chi connectivity index (χ1v) is 5.17. The van der Waals surface area contributed by atoms with Crippen molar-refractivity contribution in [3.63, 3.8) is 0 Å². The van der Waals surface area contributed by atoms with E-state index in [0.717, 1.165) is 6.42 Å². The van der Waals surface area contributed by atoms with E-state index >= 15 is 0 Å².